The van der Waals surface area contributed by atoms with E-state index >= 15 is 0 Å². The number of aromatic nitrogens is 2. The van der Waals surface area contributed by atoms with Crippen LogP contribution in [0.25, 0.3) is 28.1 Å². The molecule has 0 fully saturated rings. The molecule has 1 aromatic heterocycles. The van der Waals surface area contributed by atoms with Gasteiger partial charge in [-0.3, -0.25) is 4.57 Å². The lowest BCUT2D eigenvalue weighted by molar-refractivity contribution is 1.09. The number of fused-ring (bicyclic) bond motifs is 1. The smallest absolute Gasteiger partial charge is 0.145 e. The molecule has 4 rings (SSSR count). The molecule has 0 saturated carbocycles. The Morgan fingerprint density at radius 3 is 2.38 bits per heavy atom. The molecule has 0 saturated heterocycles. The summed E-state index contributed by atoms with van der Waals surface area (Å²) in [6, 6.07) is 22.7. The standard InChI is InChI=1S/C21H19N3/c1-14-8-10-18(12-15(14)2)24-20-11-9-17(22)13-19(20)23-21(24)16-6-4-3-5-7-16/h3-13H,22H2,1-2H3. The van der Waals surface area contributed by atoms with Crippen LogP contribution in [-0.4, -0.2) is 9.55 Å². The van der Waals surface area contributed by atoms with Crippen molar-refractivity contribution in [2.24, 2.45) is 0 Å². The van der Waals surface area contributed by atoms with Crippen LogP contribution in [0.4, 0.5) is 5.69 Å². The monoisotopic (exact) mass is 313 g/mol. The maximum absolute atomic E-state index is 5.96. The molecule has 3 heteroatoms. The number of rotatable bonds is 2. The second kappa shape index (κ2) is 5.53. The van der Waals surface area contributed by atoms with E-state index in [1.54, 1.807) is 0 Å². The third kappa shape index (κ3) is 2.35. The molecular weight excluding hydrogens is 294 g/mol. The number of nitrogens with two attached hydrogens (primary N) is 1. The number of imidazole rings is 1. The Hall–Kier alpha value is -3.07. The highest BCUT2D eigenvalue weighted by Crippen LogP contribution is 2.30. The Morgan fingerprint density at radius 1 is 0.833 bits per heavy atom. The van der Waals surface area contributed by atoms with Gasteiger partial charge in [-0.1, -0.05) is 36.4 Å². The van der Waals surface area contributed by atoms with E-state index in [4.69, 9.17) is 10.7 Å². The summed E-state index contributed by atoms with van der Waals surface area (Å²) < 4.78 is 2.20. The molecule has 3 nitrogen and oxygen atoms in total. The van der Waals surface area contributed by atoms with Crippen molar-refractivity contribution in [3.05, 3.63) is 77.9 Å². The first-order valence-corrected chi connectivity index (χ1v) is 8.04. The van der Waals surface area contributed by atoms with Gasteiger partial charge < -0.3 is 5.73 Å². The van der Waals surface area contributed by atoms with E-state index in [2.05, 4.69) is 48.7 Å². The van der Waals surface area contributed by atoms with Crippen LogP contribution in [0.2, 0.25) is 0 Å². The third-order valence-electron chi connectivity index (χ3n) is 4.46. The molecule has 0 atom stereocenters. The molecule has 0 aliphatic heterocycles. The second-order valence-electron chi connectivity index (χ2n) is 6.15. The maximum atomic E-state index is 5.96. The SMILES string of the molecule is Cc1ccc(-n2c(-c3ccccc3)nc3cc(N)ccc32)cc1C. The largest absolute Gasteiger partial charge is 0.399 e. The molecule has 0 unspecified atom stereocenters. The molecule has 24 heavy (non-hydrogen) atoms. The van der Waals surface area contributed by atoms with Crippen molar-refractivity contribution in [1.29, 1.82) is 0 Å². The Morgan fingerprint density at radius 2 is 1.62 bits per heavy atom. The van der Waals surface area contributed by atoms with Gasteiger partial charge in [0.25, 0.3) is 0 Å². The van der Waals surface area contributed by atoms with Crippen LogP contribution in [0.5, 0.6) is 0 Å². The van der Waals surface area contributed by atoms with Crippen LogP contribution >= 0.6 is 0 Å². The molecule has 0 aliphatic carbocycles. The van der Waals surface area contributed by atoms with E-state index in [-0.39, 0.29) is 0 Å². The highest BCUT2D eigenvalue weighted by Gasteiger charge is 2.14. The van der Waals surface area contributed by atoms with Gasteiger partial charge in [0.15, 0.2) is 0 Å². The molecule has 3 aromatic carbocycles. The van der Waals surface area contributed by atoms with Gasteiger partial charge >= 0.3 is 0 Å². The molecule has 0 radical (unpaired) electrons. The number of anilines is 1. The fraction of sp³-hybridized carbons (Fsp3) is 0.0952. The van der Waals surface area contributed by atoms with Crippen LogP contribution in [0.1, 0.15) is 11.1 Å². The average molecular weight is 313 g/mol. The zero-order chi connectivity index (χ0) is 16.7. The lowest BCUT2D eigenvalue weighted by Gasteiger charge is -2.11. The summed E-state index contributed by atoms with van der Waals surface area (Å²) in [5.41, 5.74) is 13.4. The quantitative estimate of drug-likeness (QED) is 0.535. The van der Waals surface area contributed by atoms with Crippen LogP contribution < -0.4 is 5.73 Å². The van der Waals surface area contributed by atoms with E-state index in [0.29, 0.717) is 0 Å². The van der Waals surface area contributed by atoms with Crippen LogP contribution in [-0.2, 0) is 0 Å². The first kappa shape index (κ1) is 14.5. The summed E-state index contributed by atoms with van der Waals surface area (Å²) >= 11 is 0. The minimum atomic E-state index is 0.729. The Kier molecular flexibility index (Phi) is 3.35. The number of hydrogen-bond donors (Lipinski definition) is 1. The van der Waals surface area contributed by atoms with Crippen molar-refractivity contribution in [1.82, 2.24) is 9.55 Å². The minimum absolute atomic E-state index is 0.729. The van der Waals surface area contributed by atoms with E-state index in [1.807, 2.05) is 36.4 Å². The number of nitrogen functional groups attached to an aromatic ring is 1. The van der Waals surface area contributed by atoms with Gasteiger partial charge in [-0.25, -0.2) is 4.98 Å². The van der Waals surface area contributed by atoms with E-state index in [9.17, 15) is 0 Å². The predicted octanol–water partition coefficient (Wildman–Crippen LogP) is 4.89. The summed E-state index contributed by atoms with van der Waals surface area (Å²) in [6.07, 6.45) is 0. The van der Waals surface area contributed by atoms with Crippen LogP contribution in [0.15, 0.2) is 66.7 Å². The molecule has 0 spiro atoms. The normalized spacial score (nSPS) is 11.1. The summed E-state index contributed by atoms with van der Waals surface area (Å²) in [6.45, 7) is 4.27. The zero-order valence-corrected chi connectivity index (χ0v) is 13.8. The van der Waals surface area contributed by atoms with Gasteiger partial charge in [0.2, 0.25) is 0 Å². The number of aryl methyl sites for hydroxylation is 2. The fourth-order valence-corrected chi connectivity index (χ4v) is 3.00. The predicted molar refractivity (Wildman–Crippen MR) is 100 cm³/mol. The van der Waals surface area contributed by atoms with E-state index < -0.39 is 0 Å². The minimum Gasteiger partial charge on any atom is -0.399 e. The molecule has 0 amide bonds. The molecule has 118 valence electrons. The summed E-state index contributed by atoms with van der Waals surface area (Å²) in [7, 11) is 0. The van der Waals surface area contributed by atoms with Crippen molar-refractivity contribution >= 4 is 16.7 Å². The molecule has 2 N–H and O–H groups in total. The van der Waals surface area contributed by atoms with Crippen molar-refractivity contribution < 1.29 is 0 Å². The second-order valence-corrected chi connectivity index (χ2v) is 6.15. The van der Waals surface area contributed by atoms with Gasteiger partial charge in [0.1, 0.15) is 5.82 Å². The first-order valence-electron chi connectivity index (χ1n) is 8.04. The average Bonchev–Trinajstić information content (AvgIpc) is 2.96. The zero-order valence-electron chi connectivity index (χ0n) is 13.8. The molecule has 0 bridgehead atoms. The Labute approximate surface area is 141 Å². The first-order chi connectivity index (χ1) is 11.6. The van der Waals surface area contributed by atoms with Gasteiger partial charge in [0, 0.05) is 16.9 Å². The van der Waals surface area contributed by atoms with E-state index in [1.165, 1.54) is 11.1 Å². The molecule has 1 heterocycles. The number of benzene rings is 3. The molecule has 0 aliphatic rings. The Balaban J connectivity index is 2.06. The maximum Gasteiger partial charge on any atom is 0.145 e. The van der Waals surface area contributed by atoms with Crippen LogP contribution in [0, 0.1) is 13.8 Å². The van der Waals surface area contributed by atoms with Crippen molar-refractivity contribution in [2.45, 2.75) is 13.8 Å². The Bertz CT molecular complexity index is 1030. The van der Waals surface area contributed by atoms with Gasteiger partial charge in [-0.05, 0) is 55.3 Å². The highest BCUT2D eigenvalue weighted by atomic mass is 15.1. The third-order valence-corrected chi connectivity index (χ3v) is 4.46. The number of nitrogens with zero attached hydrogens (tertiary/aromatic N) is 2. The van der Waals surface area contributed by atoms with Crippen molar-refractivity contribution in [3.8, 4) is 17.1 Å². The topological polar surface area (TPSA) is 43.8 Å². The summed E-state index contributed by atoms with van der Waals surface area (Å²) in [5, 5.41) is 0. The summed E-state index contributed by atoms with van der Waals surface area (Å²) in [5.74, 6) is 0.930. The molecule has 4 aromatic rings. The lowest BCUT2D eigenvalue weighted by atomic mass is 10.1. The van der Waals surface area contributed by atoms with E-state index in [0.717, 1.165) is 33.8 Å². The van der Waals surface area contributed by atoms with Gasteiger partial charge in [-0.2, -0.15) is 0 Å². The van der Waals surface area contributed by atoms with Gasteiger partial charge in [-0.15, -0.1) is 0 Å². The highest BCUT2D eigenvalue weighted by molar-refractivity contribution is 5.85. The lowest BCUT2D eigenvalue weighted by Crippen LogP contribution is -1.98. The summed E-state index contributed by atoms with van der Waals surface area (Å²) in [4.78, 5) is 4.86. The fourth-order valence-electron chi connectivity index (χ4n) is 3.00. The van der Waals surface area contributed by atoms with Gasteiger partial charge in [0.05, 0.1) is 11.0 Å². The van der Waals surface area contributed by atoms with Crippen molar-refractivity contribution in [3.63, 3.8) is 0 Å². The van der Waals surface area contributed by atoms with Crippen LogP contribution in [0.3, 0.4) is 0 Å². The number of hydrogen-bond acceptors (Lipinski definition) is 2. The van der Waals surface area contributed by atoms with Crippen molar-refractivity contribution in [2.75, 3.05) is 5.73 Å². The molecular formula is C21H19N3.